The number of amides is 2. The molecule has 0 fully saturated rings. The summed E-state index contributed by atoms with van der Waals surface area (Å²) < 4.78 is 5.55. The minimum Gasteiger partial charge on any atom is -0.545 e. The summed E-state index contributed by atoms with van der Waals surface area (Å²) in [5.41, 5.74) is 1.37. The van der Waals surface area contributed by atoms with Crippen LogP contribution in [0.3, 0.4) is 0 Å². The molecule has 0 heterocycles. The Hall–Kier alpha value is -4.13. The molecule has 0 spiro atoms. The summed E-state index contributed by atoms with van der Waals surface area (Å²) in [6, 6.07) is 19.5. The Morgan fingerprint density at radius 3 is 2.30 bits per heavy atom. The first-order valence-corrected chi connectivity index (χ1v) is 9.14. The summed E-state index contributed by atoms with van der Waals surface area (Å²) in [5, 5.41) is 16.4. The van der Waals surface area contributed by atoms with Gasteiger partial charge in [0.2, 0.25) is 0 Å². The number of nitrogens with one attached hydrogen (secondary N) is 2. The molecular weight excluding hydrogens is 384 g/mol. The van der Waals surface area contributed by atoms with Crippen LogP contribution in [0.15, 0.2) is 72.8 Å². The Labute approximate surface area is 173 Å². The van der Waals surface area contributed by atoms with Crippen LogP contribution >= 0.6 is 0 Å². The number of carboxylic acids is 1. The van der Waals surface area contributed by atoms with Crippen molar-refractivity contribution in [3.63, 3.8) is 0 Å². The van der Waals surface area contributed by atoms with Crippen LogP contribution in [-0.4, -0.2) is 24.5 Å². The zero-order chi connectivity index (χ0) is 21.5. The van der Waals surface area contributed by atoms with Gasteiger partial charge in [0, 0.05) is 22.4 Å². The van der Waals surface area contributed by atoms with Crippen molar-refractivity contribution in [1.29, 1.82) is 0 Å². The van der Waals surface area contributed by atoms with E-state index in [0.29, 0.717) is 17.0 Å². The smallest absolute Gasteiger partial charge is 0.256 e. The zero-order valence-corrected chi connectivity index (χ0v) is 16.2. The summed E-state index contributed by atoms with van der Waals surface area (Å²) in [4.78, 5) is 36.0. The number of hydrogen-bond donors (Lipinski definition) is 2. The molecule has 0 saturated heterocycles. The van der Waals surface area contributed by atoms with Gasteiger partial charge in [-0.1, -0.05) is 42.5 Å². The van der Waals surface area contributed by atoms with Gasteiger partial charge in [0.05, 0.1) is 5.97 Å². The second kappa shape index (κ2) is 9.38. The molecule has 0 atom stereocenters. The van der Waals surface area contributed by atoms with Crippen LogP contribution in [0.25, 0.3) is 0 Å². The first-order chi connectivity index (χ1) is 14.5. The molecule has 2 amide bonds. The third kappa shape index (κ3) is 5.02. The number of carbonyl (C=O) groups is 3. The van der Waals surface area contributed by atoms with Gasteiger partial charge in [0.15, 0.2) is 6.73 Å². The van der Waals surface area contributed by atoms with Crippen LogP contribution in [-0.2, 0) is 0 Å². The first-order valence-electron chi connectivity index (χ1n) is 9.14. The molecule has 2 N–H and O–H groups in total. The van der Waals surface area contributed by atoms with E-state index in [9.17, 15) is 19.5 Å². The lowest BCUT2D eigenvalue weighted by molar-refractivity contribution is -0.255. The van der Waals surface area contributed by atoms with Crippen molar-refractivity contribution in [2.45, 2.75) is 6.92 Å². The standard InChI is InChI=1S/C23H20N2O5/c1-15-7-2-5-12-20(15)30-14-24-21(26)16-8-6-9-17(13-16)25-22(27)18-10-3-4-11-19(18)23(28)29/h2-13H,14H2,1H3,(H,24,26)(H,25,27)(H,28,29)/p-1. The van der Waals surface area contributed by atoms with Gasteiger partial charge in [0.1, 0.15) is 5.75 Å². The first kappa shape index (κ1) is 20.6. The number of carboxylic acid groups (broad SMARTS) is 1. The van der Waals surface area contributed by atoms with Gasteiger partial charge in [0.25, 0.3) is 11.8 Å². The number of para-hydroxylation sites is 1. The van der Waals surface area contributed by atoms with Crippen LogP contribution in [0.2, 0.25) is 0 Å². The number of ether oxygens (including phenoxy) is 1. The van der Waals surface area contributed by atoms with E-state index < -0.39 is 11.9 Å². The van der Waals surface area contributed by atoms with Gasteiger partial charge in [-0.05, 0) is 42.8 Å². The van der Waals surface area contributed by atoms with Gasteiger partial charge in [-0.3, -0.25) is 9.59 Å². The lowest BCUT2D eigenvalue weighted by Gasteiger charge is -2.12. The Morgan fingerprint density at radius 2 is 1.57 bits per heavy atom. The summed E-state index contributed by atoms with van der Waals surface area (Å²) in [6.45, 7) is 1.89. The van der Waals surface area contributed by atoms with Crippen molar-refractivity contribution in [3.8, 4) is 5.75 Å². The van der Waals surface area contributed by atoms with E-state index in [4.69, 9.17) is 4.74 Å². The van der Waals surface area contributed by atoms with Gasteiger partial charge in [-0.15, -0.1) is 0 Å². The van der Waals surface area contributed by atoms with Gasteiger partial charge in [-0.2, -0.15) is 0 Å². The Balaban J connectivity index is 1.64. The number of benzene rings is 3. The molecule has 3 aromatic carbocycles. The van der Waals surface area contributed by atoms with Crippen molar-refractivity contribution in [2.24, 2.45) is 0 Å². The van der Waals surface area contributed by atoms with Crippen LogP contribution < -0.4 is 20.5 Å². The van der Waals surface area contributed by atoms with E-state index in [-0.39, 0.29) is 23.8 Å². The number of carbonyl (C=O) groups excluding carboxylic acids is 3. The SMILES string of the molecule is Cc1ccccc1OCNC(=O)c1cccc(NC(=O)c2ccccc2C(=O)[O-])c1. The van der Waals surface area contributed by atoms with E-state index in [0.717, 1.165) is 5.56 Å². The lowest BCUT2D eigenvalue weighted by Crippen LogP contribution is -2.28. The summed E-state index contributed by atoms with van der Waals surface area (Å²) in [6.07, 6.45) is 0. The van der Waals surface area contributed by atoms with Gasteiger partial charge < -0.3 is 25.3 Å². The van der Waals surface area contributed by atoms with E-state index in [1.807, 2.05) is 31.2 Å². The molecule has 7 heteroatoms. The highest BCUT2D eigenvalue weighted by Gasteiger charge is 2.13. The van der Waals surface area contributed by atoms with Crippen molar-refractivity contribution in [3.05, 3.63) is 95.1 Å². The molecule has 7 nitrogen and oxygen atoms in total. The summed E-state index contributed by atoms with van der Waals surface area (Å²) >= 11 is 0. The number of hydrogen-bond acceptors (Lipinski definition) is 5. The maximum Gasteiger partial charge on any atom is 0.256 e. The lowest BCUT2D eigenvalue weighted by atomic mass is 10.1. The summed E-state index contributed by atoms with van der Waals surface area (Å²) in [7, 11) is 0. The quantitative estimate of drug-likeness (QED) is 0.589. The van der Waals surface area contributed by atoms with Crippen molar-refractivity contribution in [2.75, 3.05) is 12.0 Å². The number of anilines is 1. The molecule has 3 rings (SSSR count). The molecule has 30 heavy (non-hydrogen) atoms. The Bertz CT molecular complexity index is 1090. The topological polar surface area (TPSA) is 108 Å². The van der Waals surface area contributed by atoms with Crippen LogP contribution in [0.1, 0.15) is 36.6 Å². The maximum atomic E-state index is 12.5. The van der Waals surface area contributed by atoms with Crippen LogP contribution in [0, 0.1) is 6.92 Å². The van der Waals surface area contributed by atoms with Crippen LogP contribution in [0.4, 0.5) is 5.69 Å². The fourth-order valence-electron chi connectivity index (χ4n) is 2.80. The molecule has 0 aliphatic rings. The molecule has 0 saturated carbocycles. The molecule has 0 aliphatic carbocycles. The predicted molar refractivity (Wildman–Crippen MR) is 109 cm³/mol. The molecule has 0 aromatic heterocycles. The largest absolute Gasteiger partial charge is 0.545 e. The van der Waals surface area contributed by atoms with E-state index in [2.05, 4.69) is 10.6 Å². The minimum atomic E-state index is -1.44. The average molecular weight is 403 g/mol. The molecule has 0 radical (unpaired) electrons. The second-order valence-corrected chi connectivity index (χ2v) is 6.43. The highest BCUT2D eigenvalue weighted by Crippen LogP contribution is 2.16. The average Bonchev–Trinajstić information content (AvgIpc) is 2.75. The molecule has 3 aromatic rings. The summed E-state index contributed by atoms with van der Waals surface area (Å²) in [5.74, 6) is -1.77. The molecule has 0 aliphatic heterocycles. The fraction of sp³-hybridized carbons (Fsp3) is 0.0870. The molecule has 0 unspecified atom stereocenters. The number of aryl methyl sites for hydroxylation is 1. The minimum absolute atomic E-state index is 0.0146. The van der Waals surface area contributed by atoms with Crippen molar-refractivity contribution >= 4 is 23.5 Å². The molecule has 152 valence electrons. The Morgan fingerprint density at radius 1 is 0.867 bits per heavy atom. The molecular formula is C23H19N2O5-. The predicted octanol–water partition coefficient (Wildman–Crippen LogP) is 2.38. The monoisotopic (exact) mass is 403 g/mol. The maximum absolute atomic E-state index is 12.5. The van der Waals surface area contributed by atoms with E-state index in [1.165, 1.54) is 24.3 Å². The van der Waals surface area contributed by atoms with Gasteiger partial charge >= 0.3 is 0 Å². The number of rotatable bonds is 7. The third-order valence-electron chi connectivity index (χ3n) is 4.33. The second-order valence-electron chi connectivity index (χ2n) is 6.43. The zero-order valence-electron chi connectivity index (χ0n) is 16.2. The Kier molecular flexibility index (Phi) is 6.44. The van der Waals surface area contributed by atoms with E-state index in [1.54, 1.807) is 24.3 Å². The highest BCUT2D eigenvalue weighted by molar-refractivity contribution is 6.10. The van der Waals surface area contributed by atoms with E-state index >= 15 is 0 Å². The normalized spacial score (nSPS) is 10.2. The fourth-order valence-corrected chi connectivity index (χ4v) is 2.80. The third-order valence-corrected chi connectivity index (χ3v) is 4.33. The van der Waals surface area contributed by atoms with Crippen molar-refractivity contribution in [1.82, 2.24) is 5.32 Å². The van der Waals surface area contributed by atoms with Crippen LogP contribution in [0.5, 0.6) is 5.75 Å². The number of aromatic carboxylic acids is 1. The van der Waals surface area contributed by atoms with Gasteiger partial charge in [-0.25, -0.2) is 0 Å². The van der Waals surface area contributed by atoms with Crippen molar-refractivity contribution < 1.29 is 24.2 Å². The highest BCUT2D eigenvalue weighted by atomic mass is 16.5. The molecule has 0 bridgehead atoms.